The molecule has 2 N–H and O–H groups in total. The van der Waals surface area contributed by atoms with Gasteiger partial charge in [0.2, 0.25) is 0 Å². The van der Waals surface area contributed by atoms with Crippen molar-refractivity contribution < 1.29 is 4.74 Å². The van der Waals surface area contributed by atoms with E-state index in [4.69, 9.17) is 4.74 Å². The van der Waals surface area contributed by atoms with E-state index >= 15 is 0 Å². The normalized spacial score (nSPS) is 22.2. The number of ether oxygens (including phenoxy) is 1. The first-order valence-corrected chi connectivity index (χ1v) is 13.4. The minimum atomic E-state index is 0.184. The molecule has 6 nitrogen and oxygen atoms in total. The van der Waals surface area contributed by atoms with Crippen LogP contribution in [0.1, 0.15) is 80.5 Å². The molecule has 1 aliphatic carbocycles. The van der Waals surface area contributed by atoms with Crippen molar-refractivity contribution in [2.75, 3.05) is 20.3 Å². The molecule has 2 fully saturated rings. The van der Waals surface area contributed by atoms with Crippen LogP contribution in [0.5, 0.6) is 0 Å². The molecule has 0 bridgehead atoms. The number of H-pyrrole nitrogens is 1. The van der Waals surface area contributed by atoms with E-state index in [1.165, 1.54) is 59.0 Å². The van der Waals surface area contributed by atoms with Gasteiger partial charge in [-0.1, -0.05) is 19.9 Å². The van der Waals surface area contributed by atoms with Crippen molar-refractivity contribution in [2.24, 2.45) is 10.1 Å². The van der Waals surface area contributed by atoms with Crippen LogP contribution < -0.4 is 10.8 Å². The van der Waals surface area contributed by atoms with Gasteiger partial charge in [0.1, 0.15) is 0 Å². The first-order valence-electron chi connectivity index (χ1n) is 13.4. The number of rotatable bonds is 6. The lowest BCUT2D eigenvalue weighted by Crippen LogP contribution is -2.61. The molecule has 6 heteroatoms. The molecule has 3 aromatic rings. The summed E-state index contributed by atoms with van der Waals surface area (Å²) in [6, 6.07) is 7.70. The molecule has 3 heterocycles. The number of pyridine rings is 1. The largest absolute Gasteiger partial charge is 0.377 e. The monoisotopic (exact) mass is 487 g/mol. The smallest absolute Gasteiger partial charge is 0.151 e. The molecule has 2 aliphatic rings. The van der Waals surface area contributed by atoms with Crippen LogP contribution in [0.15, 0.2) is 34.5 Å². The van der Waals surface area contributed by atoms with E-state index in [0.29, 0.717) is 17.9 Å². The Hall–Kier alpha value is -2.70. The highest BCUT2D eigenvalue weighted by Crippen LogP contribution is 2.40. The van der Waals surface area contributed by atoms with Crippen molar-refractivity contribution in [1.82, 2.24) is 15.0 Å². The molecule has 1 saturated heterocycles. The molecule has 0 atom stereocenters. The zero-order valence-corrected chi connectivity index (χ0v) is 22.7. The van der Waals surface area contributed by atoms with Gasteiger partial charge in [0.05, 0.1) is 24.4 Å². The first-order chi connectivity index (χ1) is 17.2. The van der Waals surface area contributed by atoms with Crippen molar-refractivity contribution in [1.29, 1.82) is 0 Å². The lowest BCUT2D eigenvalue weighted by atomic mass is 9.80. The Balaban J connectivity index is 1.49. The Morgan fingerprint density at radius 1 is 1.14 bits per heavy atom. The molecule has 1 aromatic carbocycles. The van der Waals surface area contributed by atoms with Gasteiger partial charge in [0.15, 0.2) is 5.49 Å². The molecule has 2 aromatic heterocycles. The maximum absolute atomic E-state index is 5.43. The minimum absolute atomic E-state index is 0.184. The fourth-order valence-electron chi connectivity index (χ4n) is 6.30. The molecule has 1 aliphatic heterocycles. The third-order valence-electron chi connectivity index (χ3n) is 8.44. The summed E-state index contributed by atoms with van der Waals surface area (Å²) in [4.78, 5) is 8.21. The quantitative estimate of drug-likeness (QED) is 0.433. The number of hydrogen-bond donors (Lipinski definition) is 2. The Morgan fingerprint density at radius 2 is 1.86 bits per heavy atom. The van der Waals surface area contributed by atoms with Crippen LogP contribution in [0.2, 0.25) is 0 Å². The number of nitrogens with one attached hydrogen (secondary N) is 2. The average molecular weight is 488 g/mol. The second kappa shape index (κ2) is 9.64. The van der Waals surface area contributed by atoms with Crippen LogP contribution >= 0.6 is 0 Å². The van der Waals surface area contributed by atoms with Crippen LogP contribution in [0.3, 0.4) is 0 Å². The fraction of sp³-hybridized carbons (Fsp3) is 0.533. The summed E-state index contributed by atoms with van der Waals surface area (Å²) >= 11 is 0. The molecular weight excluding hydrogens is 446 g/mol. The molecule has 5 rings (SSSR count). The van der Waals surface area contributed by atoms with E-state index in [1.54, 1.807) is 11.7 Å². The maximum atomic E-state index is 5.43. The van der Waals surface area contributed by atoms with Gasteiger partial charge < -0.3 is 15.0 Å². The van der Waals surface area contributed by atoms with E-state index in [9.17, 15) is 0 Å². The van der Waals surface area contributed by atoms with E-state index in [0.717, 1.165) is 29.8 Å². The molecule has 0 radical (unpaired) electrons. The van der Waals surface area contributed by atoms with Gasteiger partial charge in [0.25, 0.3) is 0 Å². The van der Waals surface area contributed by atoms with Crippen LogP contribution in [-0.4, -0.2) is 48.2 Å². The summed E-state index contributed by atoms with van der Waals surface area (Å²) in [7, 11) is 1.80. The highest BCUT2D eigenvalue weighted by molar-refractivity contribution is 5.92. The van der Waals surface area contributed by atoms with Crippen molar-refractivity contribution in [2.45, 2.75) is 83.7 Å². The lowest BCUT2D eigenvalue weighted by Gasteiger charge is -2.43. The number of fused-ring (bicyclic) bond motifs is 1. The molecule has 0 amide bonds. The maximum Gasteiger partial charge on any atom is 0.151 e. The minimum Gasteiger partial charge on any atom is -0.377 e. The van der Waals surface area contributed by atoms with Crippen LogP contribution in [0, 0.1) is 13.8 Å². The molecule has 36 heavy (non-hydrogen) atoms. The van der Waals surface area contributed by atoms with E-state index in [2.05, 4.69) is 86.1 Å². The SMILES string of the molecule is C=Nn1cc(-c2[nH]c3ccc(C4CCC(NC5(C)COC5)CC4)cc3c2C(C)C)c(C)c(C)c1=NC. The van der Waals surface area contributed by atoms with Crippen LogP contribution in [0.4, 0.5) is 0 Å². The highest BCUT2D eigenvalue weighted by atomic mass is 16.5. The topological polar surface area (TPSA) is 66.7 Å². The highest BCUT2D eigenvalue weighted by Gasteiger charge is 2.36. The van der Waals surface area contributed by atoms with Crippen molar-refractivity contribution in [3.63, 3.8) is 0 Å². The van der Waals surface area contributed by atoms with Gasteiger partial charge >= 0.3 is 0 Å². The summed E-state index contributed by atoms with van der Waals surface area (Å²) in [6.45, 7) is 16.6. The second-order valence-corrected chi connectivity index (χ2v) is 11.4. The van der Waals surface area contributed by atoms with Gasteiger partial charge in [-0.2, -0.15) is 5.10 Å². The van der Waals surface area contributed by atoms with Gasteiger partial charge in [-0.3, -0.25) is 4.99 Å². The van der Waals surface area contributed by atoms with Gasteiger partial charge in [0, 0.05) is 42.5 Å². The van der Waals surface area contributed by atoms with Gasteiger partial charge in [-0.05, 0) is 92.7 Å². The standard InChI is InChI=1S/C30H41N5O/c1-18(2)27-24-14-22(21-8-11-23(12-9-21)34-30(5)16-36-17-30)10-13-26(24)33-28(27)25-15-35(32-7)29(31-6)20(4)19(25)3/h10,13-15,18,21,23,33-34H,7-9,11-12,16-17H2,1-6H3. The Morgan fingerprint density at radius 3 is 2.44 bits per heavy atom. The Kier molecular flexibility index (Phi) is 6.69. The molecule has 0 spiro atoms. The summed E-state index contributed by atoms with van der Waals surface area (Å²) in [5, 5.41) is 9.42. The Bertz CT molecular complexity index is 1350. The average Bonchev–Trinajstić information content (AvgIpc) is 3.23. The second-order valence-electron chi connectivity index (χ2n) is 11.4. The fourth-order valence-corrected chi connectivity index (χ4v) is 6.30. The molecule has 192 valence electrons. The number of aromatic amines is 1. The molecule has 1 saturated carbocycles. The summed E-state index contributed by atoms with van der Waals surface area (Å²) in [5.74, 6) is 1.01. The van der Waals surface area contributed by atoms with E-state index < -0.39 is 0 Å². The number of benzene rings is 1. The van der Waals surface area contributed by atoms with E-state index in [1.807, 2.05) is 0 Å². The first kappa shape index (κ1) is 25.0. The van der Waals surface area contributed by atoms with Crippen molar-refractivity contribution >= 4 is 17.6 Å². The van der Waals surface area contributed by atoms with Crippen LogP contribution in [0.25, 0.3) is 22.2 Å². The zero-order valence-electron chi connectivity index (χ0n) is 22.7. The predicted molar refractivity (Wildman–Crippen MR) is 149 cm³/mol. The predicted octanol–water partition coefficient (Wildman–Crippen LogP) is 5.78. The van der Waals surface area contributed by atoms with Crippen LogP contribution in [-0.2, 0) is 4.74 Å². The zero-order chi connectivity index (χ0) is 25.6. The summed E-state index contributed by atoms with van der Waals surface area (Å²) < 4.78 is 7.23. The summed E-state index contributed by atoms with van der Waals surface area (Å²) in [6.07, 6.45) is 7.00. The van der Waals surface area contributed by atoms with E-state index in [-0.39, 0.29) is 5.54 Å². The third kappa shape index (κ3) is 4.35. The number of nitrogens with zero attached hydrogens (tertiary/aromatic N) is 3. The van der Waals surface area contributed by atoms with Gasteiger partial charge in [-0.25, -0.2) is 4.68 Å². The molecule has 0 unspecified atom stereocenters. The third-order valence-corrected chi connectivity index (χ3v) is 8.44. The summed E-state index contributed by atoms with van der Waals surface area (Å²) in [5.41, 5.74) is 9.77. The van der Waals surface area contributed by atoms with Gasteiger partial charge in [-0.15, -0.1) is 0 Å². The lowest BCUT2D eigenvalue weighted by molar-refractivity contribution is -0.0712. The van der Waals surface area contributed by atoms with Crippen molar-refractivity contribution in [3.05, 3.63) is 52.1 Å². The van der Waals surface area contributed by atoms with Crippen molar-refractivity contribution in [3.8, 4) is 11.3 Å². The Labute approximate surface area is 214 Å². The molecular formula is C30H41N5O. The number of hydrogen-bond acceptors (Lipinski definition) is 4. The number of aromatic nitrogens is 2.